The summed E-state index contributed by atoms with van der Waals surface area (Å²) in [5, 5.41) is 14.3. The van der Waals surface area contributed by atoms with E-state index >= 15 is 0 Å². The number of nitrogens with zero attached hydrogens (tertiary/aromatic N) is 4. The molecule has 0 N–H and O–H groups in total. The molecule has 0 atom stereocenters. The fourth-order valence-electron chi connectivity index (χ4n) is 2.12. The molecule has 2 heterocycles. The molecule has 1 aromatic carbocycles. The molecule has 0 saturated heterocycles. The fourth-order valence-corrected chi connectivity index (χ4v) is 2.82. The second kappa shape index (κ2) is 5.52. The average molecular weight is 378 g/mol. The summed E-state index contributed by atoms with van der Waals surface area (Å²) in [6.45, 7) is 3.65. The topological polar surface area (TPSA) is 54.5 Å². The number of pyridine rings is 1. The molecule has 2 aromatic heterocycles. The molecule has 3 rings (SSSR count). The van der Waals surface area contributed by atoms with Crippen molar-refractivity contribution in [3.63, 3.8) is 0 Å². The van der Waals surface area contributed by atoms with Crippen molar-refractivity contribution in [2.75, 3.05) is 0 Å². The van der Waals surface area contributed by atoms with Crippen LogP contribution in [0.4, 0.5) is 4.39 Å². The minimum Gasteiger partial charge on any atom is -0.245 e. The second-order valence-corrected chi connectivity index (χ2v) is 5.61. The van der Waals surface area contributed by atoms with E-state index in [9.17, 15) is 9.65 Å². The zero-order chi connectivity index (χ0) is 15.9. The van der Waals surface area contributed by atoms with Crippen LogP contribution in [0.2, 0.25) is 5.02 Å². The number of benzene rings is 1. The SMILES string of the molecule is C=Cc1cc(Cl)c(-n2cc3c(Br)ncc(F)c3n2)c(C#N)c1. The molecule has 108 valence electrons. The highest BCUT2D eigenvalue weighted by atomic mass is 79.9. The van der Waals surface area contributed by atoms with Crippen LogP contribution in [0.1, 0.15) is 11.1 Å². The number of hydrogen-bond donors (Lipinski definition) is 0. The number of fused-ring (bicyclic) bond motifs is 1. The highest BCUT2D eigenvalue weighted by Gasteiger charge is 2.16. The predicted molar refractivity (Wildman–Crippen MR) is 86.3 cm³/mol. The molecular weight excluding hydrogens is 371 g/mol. The first-order chi connectivity index (χ1) is 10.5. The lowest BCUT2D eigenvalue weighted by molar-refractivity contribution is 0.628. The van der Waals surface area contributed by atoms with Gasteiger partial charge < -0.3 is 0 Å². The zero-order valence-electron chi connectivity index (χ0n) is 11.0. The van der Waals surface area contributed by atoms with Gasteiger partial charge in [-0.2, -0.15) is 10.4 Å². The van der Waals surface area contributed by atoms with Crippen LogP contribution in [-0.4, -0.2) is 14.8 Å². The molecular formula is C15H7BrClFN4. The maximum absolute atomic E-state index is 13.8. The zero-order valence-corrected chi connectivity index (χ0v) is 13.4. The number of aromatic nitrogens is 3. The Bertz CT molecular complexity index is 919. The summed E-state index contributed by atoms with van der Waals surface area (Å²) in [6, 6.07) is 5.38. The third kappa shape index (κ3) is 2.28. The van der Waals surface area contributed by atoms with Gasteiger partial charge in [-0.25, -0.2) is 14.1 Å². The van der Waals surface area contributed by atoms with Crippen molar-refractivity contribution in [3.8, 4) is 11.8 Å². The van der Waals surface area contributed by atoms with Gasteiger partial charge in [0.25, 0.3) is 0 Å². The van der Waals surface area contributed by atoms with Gasteiger partial charge in [0.1, 0.15) is 21.9 Å². The first-order valence-corrected chi connectivity index (χ1v) is 7.28. The third-order valence-electron chi connectivity index (χ3n) is 3.12. The lowest BCUT2D eigenvalue weighted by Crippen LogP contribution is -2.00. The first-order valence-electron chi connectivity index (χ1n) is 6.11. The van der Waals surface area contributed by atoms with E-state index in [2.05, 4.69) is 38.7 Å². The van der Waals surface area contributed by atoms with E-state index in [4.69, 9.17) is 11.6 Å². The highest BCUT2D eigenvalue weighted by Crippen LogP contribution is 2.30. The second-order valence-electron chi connectivity index (χ2n) is 4.45. The molecule has 0 fully saturated rings. The maximum Gasteiger partial charge on any atom is 0.169 e. The molecule has 4 nitrogen and oxygen atoms in total. The lowest BCUT2D eigenvalue weighted by atomic mass is 10.1. The Kier molecular flexibility index (Phi) is 3.69. The lowest BCUT2D eigenvalue weighted by Gasteiger charge is -2.08. The monoisotopic (exact) mass is 376 g/mol. The average Bonchev–Trinajstić information content (AvgIpc) is 2.96. The van der Waals surface area contributed by atoms with Gasteiger partial charge in [-0.3, -0.25) is 0 Å². The molecule has 0 radical (unpaired) electrons. The first kappa shape index (κ1) is 14.7. The van der Waals surface area contributed by atoms with Gasteiger partial charge in [0.15, 0.2) is 5.82 Å². The summed E-state index contributed by atoms with van der Waals surface area (Å²) < 4.78 is 15.7. The van der Waals surface area contributed by atoms with Crippen LogP contribution >= 0.6 is 27.5 Å². The Morgan fingerprint density at radius 3 is 2.86 bits per heavy atom. The van der Waals surface area contributed by atoms with Crippen molar-refractivity contribution in [2.45, 2.75) is 0 Å². The Morgan fingerprint density at radius 1 is 1.45 bits per heavy atom. The van der Waals surface area contributed by atoms with Gasteiger partial charge in [-0.1, -0.05) is 24.3 Å². The van der Waals surface area contributed by atoms with Crippen molar-refractivity contribution >= 4 is 44.5 Å². The van der Waals surface area contributed by atoms with E-state index < -0.39 is 5.82 Å². The van der Waals surface area contributed by atoms with Crippen molar-refractivity contribution in [2.24, 2.45) is 0 Å². The van der Waals surface area contributed by atoms with Crippen molar-refractivity contribution in [1.29, 1.82) is 5.26 Å². The quantitative estimate of drug-likeness (QED) is 0.618. The van der Waals surface area contributed by atoms with Crippen LogP contribution in [0.25, 0.3) is 22.7 Å². The fraction of sp³-hybridized carbons (Fsp3) is 0. The summed E-state index contributed by atoms with van der Waals surface area (Å²) in [5.41, 5.74) is 1.57. The van der Waals surface area contributed by atoms with Crippen LogP contribution in [0.15, 0.2) is 35.7 Å². The third-order valence-corrected chi connectivity index (χ3v) is 4.04. The largest absolute Gasteiger partial charge is 0.245 e. The standard InChI is InChI=1S/C15H7BrClFN4/c1-2-8-3-9(5-19)14(11(17)4-8)22-7-10-13(21-22)12(18)6-20-15(10)16/h2-4,6-7H,1H2. The van der Waals surface area contributed by atoms with Crippen molar-refractivity contribution in [1.82, 2.24) is 14.8 Å². The van der Waals surface area contributed by atoms with Crippen LogP contribution in [0, 0.1) is 17.1 Å². The minimum atomic E-state index is -0.547. The Hall–Kier alpha value is -2.23. The normalized spacial score (nSPS) is 10.6. The van der Waals surface area contributed by atoms with Crippen LogP contribution in [0.5, 0.6) is 0 Å². The van der Waals surface area contributed by atoms with E-state index in [1.54, 1.807) is 24.4 Å². The van der Waals surface area contributed by atoms with E-state index in [1.165, 1.54) is 4.68 Å². The van der Waals surface area contributed by atoms with E-state index in [0.717, 1.165) is 11.8 Å². The summed E-state index contributed by atoms with van der Waals surface area (Å²) in [4.78, 5) is 3.88. The molecule has 0 aliphatic rings. The van der Waals surface area contributed by atoms with Crippen molar-refractivity contribution < 1.29 is 4.39 Å². The van der Waals surface area contributed by atoms with Gasteiger partial charge in [0.2, 0.25) is 0 Å². The molecule has 22 heavy (non-hydrogen) atoms. The van der Waals surface area contributed by atoms with Gasteiger partial charge >= 0.3 is 0 Å². The molecule has 7 heteroatoms. The van der Waals surface area contributed by atoms with E-state index in [-0.39, 0.29) is 5.52 Å². The Labute approximate surface area is 138 Å². The van der Waals surface area contributed by atoms with E-state index in [0.29, 0.717) is 26.3 Å². The molecule has 0 aliphatic carbocycles. The molecule has 0 amide bonds. The van der Waals surface area contributed by atoms with Crippen LogP contribution in [-0.2, 0) is 0 Å². The number of halogens is 3. The summed E-state index contributed by atoms with van der Waals surface area (Å²) in [5.74, 6) is -0.547. The molecule has 3 aromatic rings. The van der Waals surface area contributed by atoms with Crippen molar-refractivity contribution in [3.05, 3.63) is 57.7 Å². The molecule has 0 unspecified atom stereocenters. The van der Waals surface area contributed by atoms with Gasteiger partial charge in [-0.05, 0) is 33.6 Å². The predicted octanol–water partition coefficient (Wildman–Crippen LogP) is 4.49. The molecule has 0 bridgehead atoms. The van der Waals surface area contributed by atoms with Crippen LogP contribution in [0.3, 0.4) is 0 Å². The number of hydrogen-bond acceptors (Lipinski definition) is 3. The van der Waals surface area contributed by atoms with Gasteiger partial charge in [0, 0.05) is 6.20 Å². The Balaban J connectivity index is 2.33. The number of rotatable bonds is 2. The Morgan fingerprint density at radius 2 is 2.23 bits per heavy atom. The number of nitriles is 1. The van der Waals surface area contributed by atoms with Gasteiger partial charge in [0.05, 0.1) is 22.2 Å². The summed E-state index contributed by atoms with van der Waals surface area (Å²) in [7, 11) is 0. The smallest absolute Gasteiger partial charge is 0.169 e. The minimum absolute atomic E-state index is 0.148. The molecule has 0 saturated carbocycles. The summed E-state index contributed by atoms with van der Waals surface area (Å²) in [6.07, 6.45) is 4.25. The van der Waals surface area contributed by atoms with Gasteiger partial charge in [-0.15, -0.1) is 0 Å². The molecule has 0 aliphatic heterocycles. The van der Waals surface area contributed by atoms with E-state index in [1.807, 2.05) is 0 Å². The maximum atomic E-state index is 13.8. The summed E-state index contributed by atoms with van der Waals surface area (Å²) >= 11 is 9.50. The molecule has 0 spiro atoms. The highest BCUT2D eigenvalue weighted by molar-refractivity contribution is 9.10. The van der Waals surface area contributed by atoms with Crippen LogP contribution < -0.4 is 0 Å².